The van der Waals surface area contributed by atoms with Crippen molar-refractivity contribution in [1.29, 1.82) is 0 Å². The van der Waals surface area contributed by atoms with E-state index in [-0.39, 0.29) is 36.9 Å². The Bertz CT molecular complexity index is 380. The summed E-state index contributed by atoms with van der Waals surface area (Å²) in [6, 6.07) is -0.330. The monoisotopic (exact) mass is 331 g/mol. The molecule has 2 aliphatic rings. The molecular weight excluding hydrogens is 302 g/mol. The lowest BCUT2D eigenvalue weighted by Gasteiger charge is -2.36. The average molecular weight is 331 g/mol. The van der Waals surface area contributed by atoms with Gasteiger partial charge in [0.2, 0.25) is 5.91 Å². The SMILES string of the molecule is CCOC(C[C@@H](CO)CN1CNC2C(=O)NC(N)NC21)OCC. The Kier molecular flexibility index (Phi) is 7.15. The number of fused-ring (bicyclic) bond motifs is 1. The second-order valence-corrected chi connectivity index (χ2v) is 5.83. The normalized spacial score (nSPS) is 29.6. The van der Waals surface area contributed by atoms with E-state index in [1.54, 1.807) is 0 Å². The molecule has 0 aromatic carbocycles. The molecule has 134 valence electrons. The van der Waals surface area contributed by atoms with Gasteiger partial charge in [-0.15, -0.1) is 0 Å². The molecule has 0 spiro atoms. The van der Waals surface area contributed by atoms with Gasteiger partial charge >= 0.3 is 0 Å². The van der Waals surface area contributed by atoms with Crippen LogP contribution in [0.1, 0.15) is 20.3 Å². The third kappa shape index (κ3) is 4.83. The maximum absolute atomic E-state index is 11.9. The molecule has 0 aliphatic carbocycles. The van der Waals surface area contributed by atoms with E-state index in [0.717, 1.165) is 0 Å². The number of rotatable bonds is 9. The van der Waals surface area contributed by atoms with E-state index < -0.39 is 6.29 Å². The number of amides is 1. The number of aliphatic hydroxyl groups is 1. The van der Waals surface area contributed by atoms with Gasteiger partial charge in [-0.05, 0) is 19.8 Å². The largest absolute Gasteiger partial charge is 0.396 e. The number of aliphatic hydroxyl groups excluding tert-OH is 1. The Morgan fingerprint density at radius 3 is 2.70 bits per heavy atom. The van der Waals surface area contributed by atoms with Crippen molar-refractivity contribution in [3.63, 3.8) is 0 Å². The molecule has 0 saturated carbocycles. The number of ether oxygens (including phenoxy) is 2. The summed E-state index contributed by atoms with van der Waals surface area (Å²) >= 11 is 0. The van der Waals surface area contributed by atoms with Gasteiger partial charge < -0.3 is 19.9 Å². The predicted octanol–water partition coefficient (Wildman–Crippen LogP) is -2.10. The van der Waals surface area contributed by atoms with Gasteiger partial charge in [0.15, 0.2) is 6.29 Å². The average Bonchev–Trinajstić information content (AvgIpc) is 2.90. The molecule has 0 radical (unpaired) electrons. The molecule has 1 amide bonds. The number of carbonyl (C=O) groups excluding carboxylic acids is 1. The summed E-state index contributed by atoms with van der Waals surface area (Å²) in [6.45, 7) is 6.18. The third-order valence-corrected chi connectivity index (χ3v) is 4.14. The smallest absolute Gasteiger partial charge is 0.242 e. The number of hydrogen-bond donors (Lipinski definition) is 5. The highest BCUT2D eigenvalue weighted by atomic mass is 16.7. The fourth-order valence-corrected chi connectivity index (χ4v) is 3.09. The summed E-state index contributed by atoms with van der Waals surface area (Å²) < 4.78 is 11.1. The lowest BCUT2D eigenvalue weighted by atomic mass is 10.0. The van der Waals surface area contributed by atoms with Gasteiger partial charge in [-0.25, -0.2) is 0 Å². The predicted molar refractivity (Wildman–Crippen MR) is 83.8 cm³/mol. The van der Waals surface area contributed by atoms with Gasteiger partial charge in [0.1, 0.15) is 12.3 Å². The van der Waals surface area contributed by atoms with Crippen LogP contribution in [0.2, 0.25) is 0 Å². The molecule has 2 aliphatic heterocycles. The van der Waals surface area contributed by atoms with Crippen LogP contribution in [0.3, 0.4) is 0 Å². The lowest BCUT2D eigenvalue weighted by Crippen LogP contribution is -2.70. The molecule has 2 fully saturated rings. The second-order valence-electron chi connectivity index (χ2n) is 5.83. The minimum absolute atomic E-state index is 0.0123. The first-order valence-corrected chi connectivity index (χ1v) is 8.22. The molecular formula is C14H29N5O4. The summed E-state index contributed by atoms with van der Waals surface area (Å²) in [5.41, 5.74) is 5.78. The van der Waals surface area contributed by atoms with E-state index in [0.29, 0.717) is 32.8 Å². The van der Waals surface area contributed by atoms with Crippen molar-refractivity contribution in [2.45, 2.75) is 45.1 Å². The molecule has 0 bridgehead atoms. The van der Waals surface area contributed by atoms with Crippen molar-refractivity contribution in [3.05, 3.63) is 0 Å². The molecule has 0 aromatic rings. The van der Waals surface area contributed by atoms with Crippen molar-refractivity contribution in [2.75, 3.05) is 33.0 Å². The van der Waals surface area contributed by atoms with E-state index in [1.807, 2.05) is 13.8 Å². The molecule has 2 rings (SSSR count). The van der Waals surface area contributed by atoms with E-state index in [1.165, 1.54) is 0 Å². The summed E-state index contributed by atoms with van der Waals surface area (Å²) in [5.74, 6) is -0.118. The first kappa shape index (κ1) is 18.5. The Balaban J connectivity index is 1.91. The Morgan fingerprint density at radius 2 is 2.09 bits per heavy atom. The first-order valence-electron chi connectivity index (χ1n) is 8.22. The van der Waals surface area contributed by atoms with Crippen molar-refractivity contribution < 1.29 is 19.4 Å². The highest BCUT2D eigenvalue weighted by Gasteiger charge is 2.43. The molecule has 4 atom stereocenters. The standard InChI is InChI=1S/C14H29N5O4/c1-3-22-10(23-4-2)5-9(7-20)6-19-8-16-11-12(19)17-14(15)18-13(11)21/h9-12,14,16-17,20H,3-8,15H2,1-2H3,(H,18,21)/t9-,11?,12?,14?/m1/s1. The van der Waals surface area contributed by atoms with Gasteiger partial charge in [0.25, 0.3) is 0 Å². The number of nitrogens with one attached hydrogen (secondary N) is 3. The van der Waals surface area contributed by atoms with Crippen LogP contribution in [0.15, 0.2) is 0 Å². The van der Waals surface area contributed by atoms with Crippen LogP contribution in [0.4, 0.5) is 0 Å². The molecule has 23 heavy (non-hydrogen) atoms. The zero-order valence-corrected chi connectivity index (χ0v) is 13.8. The topological polar surface area (TPSA) is 121 Å². The van der Waals surface area contributed by atoms with Gasteiger partial charge in [-0.3, -0.25) is 26.1 Å². The highest BCUT2D eigenvalue weighted by Crippen LogP contribution is 2.18. The van der Waals surface area contributed by atoms with E-state index in [4.69, 9.17) is 15.2 Å². The quantitative estimate of drug-likeness (QED) is 0.305. The van der Waals surface area contributed by atoms with E-state index in [2.05, 4.69) is 20.9 Å². The first-order chi connectivity index (χ1) is 11.1. The second kappa shape index (κ2) is 8.88. The van der Waals surface area contributed by atoms with Gasteiger partial charge in [0.05, 0.1) is 12.8 Å². The molecule has 3 unspecified atom stereocenters. The number of carbonyl (C=O) groups is 1. The molecule has 9 nitrogen and oxygen atoms in total. The molecule has 6 N–H and O–H groups in total. The molecule has 0 aromatic heterocycles. The Hall–Kier alpha value is -0.810. The number of hydrogen-bond acceptors (Lipinski definition) is 8. The van der Waals surface area contributed by atoms with Crippen LogP contribution in [0.5, 0.6) is 0 Å². The molecule has 2 heterocycles. The van der Waals surface area contributed by atoms with Crippen molar-refractivity contribution in [3.8, 4) is 0 Å². The zero-order valence-electron chi connectivity index (χ0n) is 13.8. The highest BCUT2D eigenvalue weighted by molar-refractivity contribution is 5.83. The van der Waals surface area contributed by atoms with E-state index in [9.17, 15) is 9.90 Å². The van der Waals surface area contributed by atoms with Crippen molar-refractivity contribution >= 4 is 5.91 Å². The maximum Gasteiger partial charge on any atom is 0.242 e. The van der Waals surface area contributed by atoms with Crippen LogP contribution < -0.4 is 21.7 Å². The summed E-state index contributed by atoms with van der Waals surface area (Å²) in [4.78, 5) is 14.0. The summed E-state index contributed by atoms with van der Waals surface area (Å²) in [7, 11) is 0. The number of nitrogens with zero attached hydrogens (tertiary/aromatic N) is 1. The van der Waals surface area contributed by atoms with E-state index >= 15 is 0 Å². The van der Waals surface area contributed by atoms with Gasteiger partial charge in [-0.2, -0.15) is 0 Å². The minimum atomic E-state index is -0.557. The zero-order chi connectivity index (χ0) is 16.8. The minimum Gasteiger partial charge on any atom is -0.396 e. The van der Waals surface area contributed by atoms with Crippen molar-refractivity contribution in [1.82, 2.24) is 20.9 Å². The van der Waals surface area contributed by atoms with Crippen LogP contribution in [0, 0.1) is 5.92 Å². The van der Waals surface area contributed by atoms with Crippen LogP contribution >= 0.6 is 0 Å². The Morgan fingerprint density at radius 1 is 1.39 bits per heavy atom. The van der Waals surface area contributed by atoms with Gasteiger partial charge in [-0.1, -0.05) is 0 Å². The van der Waals surface area contributed by atoms with Crippen LogP contribution in [-0.2, 0) is 14.3 Å². The third-order valence-electron chi connectivity index (χ3n) is 4.14. The fourth-order valence-electron chi connectivity index (χ4n) is 3.09. The molecule has 2 saturated heterocycles. The van der Waals surface area contributed by atoms with Crippen LogP contribution in [0.25, 0.3) is 0 Å². The summed E-state index contributed by atoms with van der Waals surface area (Å²) in [6.07, 6.45) is -0.452. The summed E-state index contributed by atoms with van der Waals surface area (Å²) in [5, 5.41) is 18.7. The fraction of sp³-hybridized carbons (Fsp3) is 0.929. The maximum atomic E-state index is 11.9. The number of nitrogens with two attached hydrogens (primary N) is 1. The lowest BCUT2D eigenvalue weighted by molar-refractivity contribution is -0.149. The van der Waals surface area contributed by atoms with Crippen molar-refractivity contribution in [2.24, 2.45) is 11.7 Å². The Labute approximate surface area is 136 Å². The van der Waals surface area contributed by atoms with Crippen LogP contribution in [-0.4, -0.2) is 73.7 Å². The van der Waals surface area contributed by atoms with Gasteiger partial charge in [0, 0.05) is 32.8 Å². The molecule has 9 heteroatoms.